The van der Waals surface area contributed by atoms with Crippen molar-refractivity contribution in [3.8, 4) is 0 Å². The van der Waals surface area contributed by atoms with Crippen molar-refractivity contribution >= 4 is 105 Å². The third-order valence-corrected chi connectivity index (χ3v) is 21.5. The van der Waals surface area contributed by atoms with E-state index in [1.807, 2.05) is 12.1 Å². The minimum absolute atomic E-state index is 0.0215. The van der Waals surface area contributed by atoms with E-state index in [1.54, 1.807) is 55.6 Å². The number of Topliss-reactive ketones (excluding diaryl/α,β-unsaturated/α-hetero) is 1. The molecule has 0 bridgehead atoms. The van der Waals surface area contributed by atoms with Gasteiger partial charge in [0.25, 0.3) is 0 Å². The Bertz CT molecular complexity index is 4110. The molecule has 0 aliphatic carbocycles. The predicted molar refractivity (Wildman–Crippen MR) is 455 cm³/mol. The number of rotatable bonds is 45. The van der Waals surface area contributed by atoms with Crippen LogP contribution in [0.2, 0.25) is 0 Å². The average molecular weight is 1720 g/mol. The first kappa shape index (κ1) is 100. The number of guanidine groups is 1. The molecule has 13 atom stereocenters. The number of fused-ring (bicyclic) bond motifs is 2. The molecule has 678 valence electrons. The van der Waals surface area contributed by atoms with Gasteiger partial charge in [0.1, 0.15) is 72.2 Å². The summed E-state index contributed by atoms with van der Waals surface area (Å²) in [7, 11) is 0. The molecule has 39 heteroatoms. The van der Waals surface area contributed by atoms with Crippen LogP contribution in [0.1, 0.15) is 205 Å². The van der Waals surface area contributed by atoms with Crippen molar-refractivity contribution in [3.63, 3.8) is 0 Å². The average Bonchev–Trinajstić information content (AvgIpc) is 1.69. The smallest absolute Gasteiger partial charge is 0.245 e. The molecule has 123 heavy (non-hydrogen) atoms. The van der Waals surface area contributed by atoms with Gasteiger partial charge in [-0.2, -0.15) is 0 Å². The van der Waals surface area contributed by atoms with Crippen LogP contribution in [-0.4, -0.2) is 248 Å². The second-order valence-corrected chi connectivity index (χ2v) is 31.6. The van der Waals surface area contributed by atoms with Crippen LogP contribution >= 0.6 is 0 Å². The molecule has 2 aliphatic rings. The Hall–Kier alpha value is -11.4. The summed E-state index contributed by atoms with van der Waals surface area (Å²) in [5.41, 5.74) is 19.0. The number of nitrogens with one attached hydrogen (secondary N) is 16. The van der Waals surface area contributed by atoms with Crippen molar-refractivity contribution in [2.24, 2.45) is 17.2 Å². The minimum Gasteiger partial charge on any atom is -0.394 e. The zero-order chi connectivity index (χ0) is 89.8. The van der Waals surface area contributed by atoms with Gasteiger partial charge in [-0.3, -0.25) is 77.3 Å². The number of hydrogen-bond acceptors (Lipinski definition) is 21. The number of aliphatic hydroxyl groups is 3. The van der Waals surface area contributed by atoms with Gasteiger partial charge in [-0.15, -0.1) is 0 Å². The molecule has 4 aromatic rings. The maximum atomic E-state index is 15.3. The van der Waals surface area contributed by atoms with Crippen molar-refractivity contribution in [2.45, 2.75) is 286 Å². The molecule has 2 aromatic heterocycles. The highest BCUT2D eigenvalue weighted by Gasteiger charge is 2.44. The van der Waals surface area contributed by atoms with Crippen LogP contribution in [0.5, 0.6) is 0 Å². The number of aromatic nitrogens is 3. The Kier molecular flexibility index (Phi) is 44.2. The van der Waals surface area contributed by atoms with E-state index < -0.39 is 219 Å². The fraction of sp³-hybridized carbons (Fsp3) is 0.607. The SMILES string of the molecule is CCCCCCCCCCCCCCCC(=O)NCC(=O)N[C@H](C(=O)N[C@@H](CC(N)=O)C(=O)N[C@@H](Cc1c[nH]cn1)C(=O)NC(CO)C(=O)N[C@@H](CCCC)C(=O)N[C@H]1CCC(=O)CNCCCC[C@@H](C(N)=O)NC(=O)[C@H](Cc2c[nH]c3ccccc23)NC(=O)[C@H](CCCNC(=N)N)NC(=O)[C@@H](Cc2ccccc2)NC(=O)[C@@H]2C[C@@H](O)CN2C1=O)[C@@H](C)O. The molecule has 4 heterocycles. The Morgan fingerprint density at radius 2 is 1.23 bits per heavy atom. The van der Waals surface area contributed by atoms with Crippen molar-refractivity contribution in [1.82, 2.24) is 89.0 Å². The monoisotopic (exact) mass is 1720 g/mol. The number of primary amides is 2. The van der Waals surface area contributed by atoms with E-state index >= 15 is 14.4 Å². The Morgan fingerprint density at radius 3 is 1.88 bits per heavy atom. The van der Waals surface area contributed by atoms with Gasteiger partial charge in [0, 0.05) is 74.9 Å². The van der Waals surface area contributed by atoms with Crippen LogP contribution in [-0.2, 0) is 91.2 Å². The van der Waals surface area contributed by atoms with Crippen LogP contribution in [0.3, 0.4) is 0 Å². The summed E-state index contributed by atoms with van der Waals surface area (Å²) in [6.07, 6.45) is 14.2. The molecule has 0 radical (unpaired) electrons. The standard InChI is InChI=1S/C84H129N21O18/c1-4-6-8-9-10-11-12-13-14-15-16-17-21-34-70(111)93-47-71(112)104-72(51(3)107)82(122)102-66(43-69(85)110)79(119)100-65(41-54-45-90-50-94-54)78(118)103-67(49-106)80(120)97-60(30-7-5-2)74(114)98-62-36-35-55(108)46-89-37-25-24-32-59(73(86)113)95-77(117)64(40-53-44-92-58-31-23-22-29-57(53)58)99-75(115)61(33-26-38-91-84(87)88)96-76(116)63(39-52-27-19-18-20-28-52)101-81(121)68-42-56(109)48-105(68)83(62)123/h18-20,22-23,27-29,31,44-45,50-51,56,59-68,72,89,92,106-107,109H,4-17,21,24-26,30,32-43,46-49H2,1-3H3,(H2,85,110)(H2,86,113)(H,90,94)(H,93,111)(H,95,117)(H,96,116)(H,97,120)(H,98,114)(H,99,115)(H,100,119)(H,101,121)(H,102,122)(H,103,118)(H,104,112)(H4,87,88,91)/t51-,56-,59+,60+,61+,62+,63-,64+,65+,66+,67?,68+,72+/m1/s1. The van der Waals surface area contributed by atoms with Gasteiger partial charge in [-0.1, -0.05) is 152 Å². The third-order valence-electron chi connectivity index (χ3n) is 21.5. The number of carbonyl (C=O) groups excluding carboxylic acids is 15. The largest absolute Gasteiger partial charge is 0.394 e. The van der Waals surface area contributed by atoms with Gasteiger partial charge in [0.2, 0.25) is 82.7 Å². The molecule has 2 saturated heterocycles. The summed E-state index contributed by atoms with van der Waals surface area (Å²) in [5.74, 6) is -14.4. The van der Waals surface area contributed by atoms with Crippen molar-refractivity contribution in [2.75, 3.05) is 39.3 Å². The third kappa shape index (κ3) is 35.9. The van der Waals surface area contributed by atoms with E-state index in [-0.39, 0.29) is 89.1 Å². The summed E-state index contributed by atoms with van der Waals surface area (Å²) < 4.78 is 0. The van der Waals surface area contributed by atoms with Crippen molar-refractivity contribution < 1.29 is 87.2 Å². The maximum Gasteiger partial charge on any atom is 0.245 e. The van der Waals surface area contributed by atoms with E-state index in [2.05, 4.69) is 91.0 Å². The topological polar surface area (TPSA) is 623 Å². The molecule has 2 aliphatic heterocycles. The normalized spacial score (nSPS) is 20.0. The summed E-state index contributed by atoms with van der Waals surface area (Å²) in [5, 5.41) is 75.0. The lowest BCUT2D eigenvalue weighted by Crippen LogP contribution is -2.62. The van der Waals surface area contributed by atoms with Crippen LogP contribution in [0.15, 0.2) is 73.3 Å². The number of amides is 14. The number of nitrogens with zero attached hydrogens (tertiary/aromatic N) is 2. The molecule has 39 nitrogen and oxygen atoms in total. The number of ketones is 1. The lowest BCUT2D eigenvalue weighted by molar-refractivity contribution is -0.143. The summed E-state index contributed by atoms with van der Waals surface area (Å²) in [4.78, 5) is 223. The molecule has 0 spiro atoms. The van der Waals surface area contributed by atoms with E-state index in [1.165, 1.54) is 63.9 Å². The lowest BCUT2D eigenvalue weighted by atomic mass is 10.0. The highest BCUT2D eigenvalue weighted by atomic mass is 16.3. The van der Waals surface area contributed by atoms with Crippen molar-refractivity contribution in [3.05, 3.63) is 90.1 Å². The van der Waals surface area contributed by atoms with Gasteiger partial charge in [0.05, 0.1) is 50.3 Å². The number of para-hydroxylation sites is 1. The molecule has 6 rings (SSSR count). The fourth-order valence-corrected chi connectivity index (χ4v) is 14.6. The van der Waals surface area contributed by atoms with Gasteiger partial charge in [-0.25, -0.2) is 4.98 Å². The molecular weight excluding hydrogens is 1590 g/mol. The van der Waals surface area contributed by atoms with E-state index in [0.717, 1.165) is 48.4 Å². The number of nitrogens with two attached hydrogens (primary N) is 3. The molecule has 25 N–H and O–H groups in total. The molecule has 2 aromatic carbocycles. The highest BCUT2D eigenvalue weighted by molar-refractivity contribution is 6.01. The number of carbonyl (C=O) groups is 15. The Labute approximate surface area is 716 Å². The van der Waals surface area contributed by atoms with Gasteiger partial charge >= 0.3 is 0 Å². The number of benzene rings is 2. The lowest BCUT2D eigenvalue weighted by Gasteiger charge is -2.31. The number of imidazole rings is 1. The first-order valence-corrected chi connectivity index (χ1v) is 43.0. The molecule has 0 saturated carbocycles. The minimum atomic E-state index is -1.91. The second kappa shape index (κ2) is 54.1. The van der Waals surface area contributed by atoms with E-state index in [4.69, 9.17) is 22.6 Å². The molecule has 14 amide bonds. The molecule has 1 unspecified atom stereocenters. The summed E-state index contributed by atoms with van der Waals surface area (Å²) >= 11 is 0. The molecular formula is C84H129N21O18. The predicted octanol–water partition coefficient (Wildman–Crippen LogP) is -1.36. The first-order chi connectivity index (χ1) is 59.0. The number of aromatic amines is 2. The Balaban J connectivity index is 1.19. The number of H-pyrrole nitrogens is 2. The van der Waals surface area contributed by atoms with Crippen LogP contribution in [0, 0.1) is 5.41 Å². The highest BCUT2D eigenvalue weighted by Crippen LogP contribution is 2.24. The quantitative estimate of drug-likeness (QED) is 0.0138. The van der Waals surface area contributed by atoms with Crippen LogP contribution < -0.4 is 86.3 Å². The van der Waals surface area contributed by atoms with Crippen LogP contribution in [0.25, 0.3) is 10.9 Å². The fourth-order valence-electron chi connectivity index (χ4n) is 14.6. The van der Waals surface area contributed by atoms with Gasteiger partial charge in [-0.05, 0) is 82.0 Å². The number of unbranched alkanes of at least 4 members (excludes halogenated alkanes) is 13. The zero-order valence-electron chi connectivity index (χ0n) is 70.8. The second-order valence-electron chi connectivity index (χ2n) is 31.6. The Morgan fingerprint density at radius 1 is 0.626 bits per heavy atom. The van der Waals surface area contributed by atoms with E-state index in [9.17, 15) is 72.9 Å². The van der Waals surface area contributed by atoms with Crippen LogP contribution in [0.4, 0.5) is 0 Å². The van der Waals surface area contributed by atoms with Crippen molar-refractivity contribution in [1.29, 1.82) is 5.41 Å². The number of aliphatic hydroxyl groups excluding tert-OH is 3. The maximum absolute atomic E-state index is 15.3. The molecule has 2 fully saturated rings. The van der Waals surface area contributed by atoms with E-state index in [0.29, 0.717) is 30.4 Å². The zero-order valence-corrected chi connectivity index (χ0v) is 70.8. The van der Waals surface area contributed by atoms with Gasteiger partial charge < -0.3 is 117 Å². The summed E-state index contributed by atoms with van der Waals surface area (Å²) in [6.45, 7) is 2.88. The first-order valence-electron chi connectivity index (χ1n) is 43.0. The summed E-state index contributed by atoms with van der Waals surface area (Å²) in [6, 6.07) is -2.12. The van der Waals surface area contributed by atoms with Gasteiger partial charge in [0.15, 0.2) is 5.96 Å². The number of hydrogen-bond donors (Lipinski definition) is 22.